The van der Waals surface area contributed by atoms with Crippen molar-refractivity contribution in [2.45, 2.75) is 83.2 Å². The molecule has 2 rings (SSSR count). The van der Waals surface area contributed by atoms with E-state index in [0.717, 1.165) is 25.0 Å². The summed E-state index contributed by atoms with van der Waals surface area (Å²) in [6.07, 6.45) is 13.6. The fraction of sp³-hybridized carbons (Fsp3) is 1.00. The van der Waals surface area contributed by atoms with Crippen LogP contribution in [-0.4, -0.2) is 48.3 Å². The summed E-state index contributed by atoms with van der Waals surface area (Å²) in [5.74, 6) is 0.784. The maximum absolute atomic E-state index is 9.43. The Hall–Kier alpha value is -0.120. The van der Waals surface area contributed by atoms with Gasteiger partial charge < -0.3 is 10.4 Å². The Balaban J connectivity index is 1.93. The number of hydrogen-bond donors (Lipinski definition) is 2. The van der Waals surface area contributed by atoms with Gasteiger partial charge in [-0.1, -0.05) is 39.0 Å². The molecule has 2 aliphatic carbocycles. The Labute approximate surface area is 131 Å². The van der Waals surface area contributed by atoms with Crippen LogP contribution >= 0.6 is 0 Å². The lowest BCUT2D eigenvalue weighted by Gasteiger charge is -2.35. The molecule has 0 aromatic carbocycles. The SMILES string of the molecule is CCCNC1CCCCCC1CN(CCO)C1CCCC1. The number of rotatable bonds is 8. The first-order valence-electron chi connectivity index (χ1n) is 9.43. The molecule has 2 unspecified atom stereocenters. The molecule has 2 atom stereocenters. The zero-order valence-electron chi connectivity index (χ0n) is 14.0. The highest BCUT2D eigenvalue weighted by Gasteiger charge is 2.29. The van der Waals surface area contributed by atoms with Gasteiger partial charge in [0.25, 0.3) is 0 Å². The fourth-order valence-corrected chi connectivity index (χ4v) is 4.32. The molecule has 2 saturated carbocycles. The van der Waals surface area contributed by atoms with Crippen LogP contribution in [0.3, 0.4) is 0 Å². The van der Waals surface area contributed by atoms with Gasteiger partial charge in [0.15, 0.2) is 0 Å². The minimum atomic E-state index is 0.316. The smallest absolute Gasteiger partial charge is 0.0558 e. The third-order valence-corrected chi connectivity index (χ3v) is 5.51. The van der Waals surface area contributed by atoms with Gasteiger partial charge in [-0.15, -0.1) is 0 Å². The van der Waals surface area contributed by atoms with Gasteiger partial charge in [0, 0.05) is 25.2 Å². The normalized spacial score (nSPS) is 28.1. The first kappa shape index (κ1) is 17.2. The van der Waals surface area contributed by atoms with Crippen LogP contribution in [0.2, 0.25) is 0 Å². The first-order chi connectivity index (χ1) is 10.3. The Morgan fingerprint density at radius 2 is 1.71 bits per heavy atom. The van der Waals surface area contributed by atoms with E-state index < -0.39 is 0 Å². The molecule has 0 heterocycles. The van der Waals surface area contributed by atoms with Gasteiger partial charge in [-0.05, 0) is 44.6 Å². The van der Waals surface area contributed by atoms with E-state index in [0.29, 0.717) is 12.6 Å². The van der Waals surface area contributed by atoms with E-state index >= 15 is 0 Å². The van der Waals surface area contributed by atoms with Crippen molar-refractivity contribution in [3.05, 3.63) is 0 Å². The second kappa shape index (κ2) is 9.81. The number of hydrogen-bond acceptors (Lipinski definition) is 3. The summed E-state index contributed by atoms with van der Waals surface area (Å²) in [7, 11) is 0. The molecule has 0 aromatic rings. The molecule has 0 spiro atoms. The average Bonchev–Trinajstić information content (AvgIpc) is 2.94. The van der Waals surface area contributed by atoms with Gasteiger partial charge in [-0.3, -0.25) is 4.90 Å². The Kier molecular flexibility index (Phi) is 8.05. The molecule has 124 valence electrons. The molecule has 3 nitrogen and oxygen atoms in total. The zero-order valence-corrected chi connectivity index (χ0v) is 14.0. The molecule has 0 radical (unpaired) electrons. The first-order valence-corrected chi connectivity index (χ1v) is 9.43. The highest BCUT2D eigenvalue weighted by molar-refractivity contribution is 4.85. The summed E-state index contributed by atoms with van der Waals surface area (Å²) in [6, 6.07) is 1.45. The molecule has 2 N–H and O–H groups in total. The monoisotopic (exact) mass is 296 g/mol. The molecule has 2 fully saturated rings. The molecule has 0 aliphatic heterocycles. The van der Waals surface area contributed by atoms with Crippen LogP contribution in [0.25, 0.3) is 0 Å². The molecule has 21 heavy (non-hydrogen) atoms. The Bertz CT molecular complexity index is 266. The van der Waals surface area contributed by atoms with E-state index in [-0.39, 0.29) is 0 Å². The van der Waals surface area contributed by atoms with Crippen molar-refractivity contribution in [1.29, 1.82) is 0 Å². The van der Waals surface area contributed by atoms with Crippen molar-refractivity contribution in [2.75, 3.05) is 26.2 Å². The summed E-state index contributed by atoms with van der Waals surface area (Å²) in [4.78, 5) is 2.61. The lowest BCUT2D eigenvalue weighted by atomic mass is 9.93. The second-order valence-corrected chi connectivity index (χ2v) is 7.12. The lowest BCUT2D eigenvalue weighted by Crippen LogP contribution is -2.45. The van der Waals surface area contributed by atoms with Gasteiger partial charge in [0.1, 0.15) is 0 Å². The molecule has 0 amide bonds. The van der Waals surface area contributed by atoms with Crippen molar-refractivity contribution in [3.63, 3.8) is 0 Å². The average molecular weight is 296 g/mol. The van der Waals surface area contributed by atoms with Crippen LogP contribution in [0.1, 0.15) is 71.1 Å². The predicted molar refractivity (Wildman–Crippen MR) is 89.6 cm³/mol. The summed E-state index contributed by atoms with van der Waals surface area (Å²) < 4.78 is 0. The van der Waals surface area contributed by atoms with Crippen LogP contribution in [0.4, 0.5) is 0 Å². The summed E-state index contributed by atoms with van der Waals surface area (Å²) in [5, 5.41) is 13.2. The highest BCUT2D eigenvalue weighted by Crippen LogP contribution is 2.28. The van der Waals surface area contributed by atoms with Crippen LogP contribution in [0.5, 0.6) is 0 Å². The van der Waals surface area contributed by atoms with E-state index in [4.69, 9.17) is 0 Å². The van der Waals surface area contributed by atoms with Gasteiger partial charge in [0.2, 0.25) is 0 Å². The maximum atomic E-state index is 9.43. The van der Waals surface area contributed by atoms with Gasteiger partial charge in [-0.2, -0.15) is 0 Å². The van der Waals surface area contributed by atoms with E-state index in [1.807, 2.05) is 0 Å². The summed E-state index contributed by atoms with van der Waals surface area (Å²) in [6.45, 7) is 5.81. The van der Waals surface area contributed by atoms with Crippen LogP contribution in [0, 0.1) is 5.92 Å². The Morgan fingerprint density at radius 1 is 1.00 bits per heavy atom. The van der Waals surface area contributed by atoms with Crippen molar-refractivity contribution >= 4 is 0 Å². The predicted octanol–water partition coefficient (Wildman–Crippen LogP) is 3.17. The molecule has 2 aliphatic rings. The fourth-order valence-electron chi connectivity index (χ4n) is 4.32. The number of aliphatic hydroxyl groups excluding tert-OH is 1. The maximum Gasteiger partial charge on any atom is 0.0558 e. The van der Waals surface area contributed by atoms with Crippen LogP contribution in [0.15, 0.2) is 0 Å². The molecule has 3 heteroatoms. The second-order valence-electron chi connectivity index (χ2n) is 7.12. The molecule has 0 bridgehead atoms. The van der Waals surface area contributed by atoms with E-state index in [1.54, 1.807) is 0 Å². The molecule has 0 saturated heterocycles. The zero-order chi connectivity index (χ0) is 14.9. The quantitative estimate of drug-likeness (QED) is 0.675. The number of nitrogens with zero attached hydrogens (tertiary/aromatic N) is 1. The van der Waals surface area contributed by atoms with Gasteiger partial charge in [-0.25, -0.2) is 0 Å². The van der Waals surface area contributed by atoms with Crippen LogP contribution < -0.4 is 5.32 Å². The molecule has 0 aromatic heterocycles. The van der Waals surface area contributed by atoms with Crippen LogP contribution in [-0.2, 0) is 0 Å². The molecular formula is C18H36N2O. The van der Waals surface area contributed by atoms with Crippen molar-refractivity contribution in [2.24, 2.45) is 5.92 Å². The standard InChI is InChI=1S/C18H36N2O/c1-2-12-19-18-11-5-3-4-8-16(18)15-20(13-14-21)17-9-6-7-10-17/h16-19,21H,2-15H2,1H3. The lowest BCUT2D eigenvalue weighted by molar-refractivity contribution is 0.117. The minimum absolute atomic E-state index is 0.316. The van der Waals surface area contributed by atoms with Crippen molar-refractivity contribution < 1.29 is 5.11 Å². The molecular weight excluding hydrogens is 260 g/mol. The largest absolute Gasteiger partial charge is 0.395 e. The Morgan fingerprint density at radius 3 is 2.43 bits per heavy atom. The van der Waals surface area contributed by atoms with E-state index in [1.165, 1.54) is 70.8 Å². The topological polar surface area (TPSA) is 35.5 Å². The van der Waals surface area contributed by atoms with Crippen molar-refractivity contribution in [1.82, 2.24) is 10.2 Å². The summed E-state index contributed by atoms with van der Waals surface area (Å²) in [5.41, 5.74) is 0. The summed E-state index contributed by atoms with van der Waals surface area (Å²) >= 11 is 0. The third kappa shape index (κ3) is 5.54. The van der Waals surface area contributed by atoms with Crippen molar-refractivity contribution in [3.8, 4) is 0 Å². The van der Waals surface area contributed by atoms with Gasteiger partial charge in [0.05, 0.1) is 6.61 Å². The van der Waals surface area contributed by atoms with E-state index in [2.05, 4.69) is 17.1 Å². The number of aliphatic hydroxyl groups is 1. The number of nitrogens with one attached hydrogen (secondary N) is 1. The highest BCUT2D eigenvalue weighted by atomic mass is 16.3. The third-order valence-electron chi connectivity index (χ3n) is 5.51. The minimum Gasteiger partial charge on any atom is -0.395 e. The van der Waals surface area contributed by atoms with E-state index in [9.17, 15) is 5.11 Å². The van der Waals surface area contributed by atoms with Gasteiger partial charge >= 0.3 is 0 Å².